The molecular weight excluding hydrogens is 438 g/mol. The van der Waals surface area contributed by atoms with Crippen LogP contribution >= 0.6 is 0 Å². The molecule has 182 valence electrons. The van der Waals surface area contributed by atoms with E-state index in [4.69, 9.17) is 0 Å². The van der Waals surface area contributed by atoms with E-state index in [1.165, 1.54) is 32.1 Å². The molecule has 2 amide bonds. The molecule has 1 atom stereocenters. The maximum Gasteiger partial charge on any atom is 0.244 e. The topological polar surface area (TPSA) is 78.0 Å². The van der Waals surface area contributed by atoms with Crippen molar-refractivity contribution in [1.82, 2.24) is 14.7 Å². The Labute approximate surface area is 198 Å². The monoisotopic (exact) mass is 475 g/mol. The van der Waals surface area contributed by atoms with Gasteiger partial charge in [0.1, 0.15) is 6.04 Å². The summed E-state index contributed by atoms with van der Waals surface area (Å²) in [6.07, 6.45) is 8.05. The molecule has 0 spiro atoms. The molecule has 0 bridgehead atoms. The van der Waals surface area contributed by atoms with E-state index in [2.05, 4.69) is 0 Å². The third-order valence-electron chi connectivity index (χ3n) is 7.53. The smallest absolute Gasteiger partial charge is 0.244 e. The van der Waals surface area contributed by atoms with Gasteiger partial charge >= 0.3 is 0 Å². The van der Waals surface area contributed by atoms with Crippen molar-refractivity contribution in [2.45, 2.75) is 51.0 Å². The first-order chi connectivity index (χ1) is 15.9. The Kier molecular flexibility index (Phi) is 8.07. The maximum absolute atomic E-state index is 13.6. The number of carbonyl (C=O) groups excluding carboxylic acids is 2. The van der Waals surface area contributed by atoms with Crippen LogP contribution in [-0.4, -0.2) is 85.7 Å². The molecule has 1 aromatic carbocycles. The highest BCUT2D eigenvalue weighted by Gasteiger charge is 2.36. The van der Waals surface area contributed by atoms with Crippen LogP contribution in [-0.2, 0) is 19.4 Å². The second-order valence-electron chi connectivity index (χ2n) is 9.75. The van der Waals surface area contributed by atoms with Gasteiger partial charge in [-0.15, -0.1) is 0 Å². The Morgan fingerprint density at radius 1 is 0.848 bits per heavy atom. The van der Waals surface area contributed by atoms with Gasteiger partial charge < -0.3 is 9.80 Å². The number of carbonyl (C=O) groups is 2. The van der Waals surface area contributed by atoms with Crippen LogP contribution in [0.4, 0.5) is 0 Å². The molecule has 1 unspecified atom stereocenters. The predicted octanol–water partition coefficient (Wildman–Crippen LogP) is 2.49. The minimum atomic E-state index is -3.02. The summed E-state index contributed by atoms with van der Waals surface area (Å²) in [5.74, 6) is 1.11. The largest absolute Gasteiger partial charge is 0.339 e. The predicted molar refractivity (Wildman–Crippen MR) is 128 cm³/mol. The highest BCUT2D eigenvalue weighted by Crippen LogP contribution is 2.28. The number of nitrogens with zero attached hydrogens (tertiary/aromatic N) is 3. The average molecular weight is 476 g/mol. The number of amides is 2. The van der Waals surface area contributed by atoms with Crippen LogP contribution in [0.2, 0.25) is 0 Å². The van der Waals surface area contributed by atoms with Gasteiger partial charge in [0.2, 0.25) is 11.8 Å². The number of hydrogen-bond donors (Lipinski definition) is 0. The Morgan fingerprint density at radius 3 is 2.09 bits per heavy atom. The van der Waals surface area contributed by atoms with Crippen LogP contribution in [0, 0.1) is 5.92 Å². The number of benzene rings is 1. The van der Waals surface area contributed by atoms with Gasteiger partial charge in [0, 0.05) is 45.7 Å². The fourth-order valence-electron chi connectivity index (χ4n) is 5.44. The Balaban J connectivity index is 1.34. The molecule has 4 rings (SSSR count). The summed E-state index contributed by atoms with van der Waals surface area (Å²) in [6.45, 7) is 2.95. The molecule has 2 aliphatic heterocycles. The van der Waals surface area contributed by atoms with Gasteiger partial charge in [0.25, 0.3) is 0 Å². The van der Waals surface area contributed by atoms with E-state index in [-0.39, 0.29) is 23.3 Å². The van der Waals surface area contributed by atoms with Gasteiger partial charge in [-0.1, -0.05) is 62.4 Å². The fraction of sp³-hybridized carbons (Fsp3) is 0.680. The third-order valence-corrected chi connectivity index (χ3v) is 9.14. The molecule has 33 heavy (non-hydrogen) atoms. The van der Waals surface area contributed by atoms with Crippen LogP contribution in [0.25, 0.3) is 0 Å². The van der Waals surface area contributed by atoms with Crippen LogP contribution < -0.4 is 0 Å². The van der Waals surface area contributed by atoms with E-state index >= 15 is 0 Å². The number of rotatable bonds is 6. The summed E-state index contributed by atoms with van der Waals surface area (Å²) in [5.41, 5.74) is 0.896. The highest BCUT2D eigenvalue weighted by atomic mass is 32.2. The molecule has 7 nitrogen and oxygen atoms in total. The highest BCUT2D eigenvalue weighted by molar-refractivity contribution is 7.91. The molecule has 0 radical (unpaired) electrons. The van der Waals surface area contributed by atoms with Crippen molar-refractivity contribution < 1.29 is 18.0 Å². The molecule has 2 saturated heterocycles. The van der Waals surface area contributed by atoms with E-state index in [0.717, 1.165) is 12.0 Å². The zero-order valence-corrected chi connectivity index (χ0v) is 20.3. The van der Waals surface area contributed by atoms with Gasteiger partial charge in [-0.2, -0.15) is 0 Å². The molecule has 0 aromatic heterocycles. The molecule has 3 aliphatic rings. The first kappa shape index (κ1) is 24.2. The van der Waals surface area contributed by atoms with E-state index in [0.29, 0.717) is 51.6 Å². The molecule has 8 heteroatoms. The second kappa shape index (κ2) is 11.0. The lowest BCUT2D eigenvalue weighted by Crippen LogP contribution is -2.54. The molecule has 1 aromatic rings. The number of hydrogen-bond acceptors (Lipinski definition) is 5. The summed E-state index contributed by atoms with van der Waals surface area (Å²) < 4.78 is 23.8. The molecular formula is C25H37N3O4S. The lowest BCUT2D eigenvalue weighted by atomic mass is 9.86. The second-order valence-corrected chi connectivity index (χ2v) is 12.1. The van der Waals surface area contributed by atoms with Crippen molar-refractivity contribution in [3.05, 3.63) is 35.9 Å². The Morgan fingerprint density at radius 2 is 1.45 bits per heavy atom. The molecule has 1 aliphatic carbocycles. The van der Waals surface area contributed by atoms with Crippen molar-refractivity contribution >= 4 is 21.7 Å². The van der Waals surface area contributed by atoms with Gasteiger partial charge in [-0.25, -0.2) is 8.42 Å². The average Bonchev–Trinajstić information content (AvgIpc) is 2.85. The molecule has 0 N–H and O–H groups in total. The lowest BCUT2D eigenvalue weighted by Gasteiger charge is -2.40. The van der Waals surface area contributed by atoms with Gasteiger partial charge in [-0.05, 0) is 17.9 Å². The number of piperazine rings is 1. The van der Waals surface area contributed by atoms with Crippen molar-refractivity contribution in [1.29, 1.82) is 0 Å². The lowest BCUT2D eigenvalue weighted by molar-refractivity contribution is -0.143. The minimum Gasteiger partial charge on any atom is -0.339 e. The first-order valence-corrected chi connectivity index (χ1v) is 14.3. The van der Waals surface area contributed by atoms with Crippen LogP contribution in [0.15, 0.2) is 30.3 Å². The van der Waals surface area contributed by atoms with Gasteiger partial charge in [-0.3, -0.25) is 14.5 Å². The Bertz CT molecular complexity index is 893. The van der Waals surface area contributed by atoms with Crippen LogP contribution in [0.3, 0.4) is 0 Å². The molecule has 1 saturated carbocycles. The van der Waals surface area contributed by atoms with Crippen molar-refractivity contribution in [3.63, 3.8) is 0 Å². The first-order valence-electron chi connectivity index (χ1n) is 12.5. The summed E-state index contributed by atoms with van der Waals surface area (Å²) in [4.78, 5) is 32.1. The van der Waals surface area contributed by atoms with Gasteiger partial charge in [0.05, 0.1) is 11.5 Å². The fourth-order valence-corrected chi connectivity index (χ4v) is 6.67. The SMILES string of the molecule is O=C(CCC1CCCCC1)N1CCN(C(=O)C(c2ccccc2)N2CCS(=O)(=O)CC2)CC1. The van der Waals surface area contributed by atoms with Crippen molar-refractivity contribution in [2.75, 3.05) is 50.8 Å². The van der Waals surface area contributed by atoms with Crippen molar-refractivity contribution in [2.24, 2.45) is 5.92 Å². The minimum absolute atomic E-state index is 0.00908. The van der Waals surface area contributed by atoms with Crippen LogP contribution in [0.5, 0.6) is 0 Å². The Hall–Kier alpha value is -1.93. The molecule has 3 fully saturated rings. The van der Waals surface area contributed by atoms with E-state index in [1.807, 2.05) is 45.0 Å². The summed E-state index contributed by atoms with van der Waals surface area (Å²) in [7, 11) is -3.02. The van der Waals surface area contributed by atoms with Crippen LogP contribution in [0.1, 0.15) is 56.6 Å². The summed E-state index contributed by atoms with van der Waals surface area (Å²) in [6, 6.07) is 9.16. The number of sulfone groups is 1. The summed E-state index contributed by atoms with van der Waals surface area (Å²) in [5, 5.41) is 0. The zero-order valence-electron chi connectivity index (χ0n) is 19.5. The quantitative estimate of drug-likeness (QED) is 0.632. The zero-order chi connectivity index (χ0) is 23.3. The van der Waals surface area contributed by atoms with Gasteiger partial charge in [0.15, 0.2) is 9.84 Å². The summed E-state index contributed by atoms with van der Waals surface area (Å²) >= 11 is 0. The van der Waals surface area contributed by atoms with E-state index in [9.17, 15) is 18.0 Å². The normalized spacial score (nSPS) is 23.3. The standard InChI is InChI=1S/C25H37N3O4S/c29-23(12-11-21-7-3-1-4-8-21)26-13-15-28(16-14-26)25(30)24(22-9-5-2-6-10-22)27-17-19-33(31,32)20-18-27/h2,5-6,9-10,21,24H,1,3-4,7-8,11-20H2. The molecule has 2 heterocycles. The van der Waals surface area contributed by atoms with E-state index < -0.39 is 15.9 Å². The maximum atomic E-state index is 13.6. The third kappa shape index (κ3) is 6.35. The van der Waals surface area contributed by atoms with E-state index in [1.54, 1.807) is 0 Å². The van der Waals surface area contributed by atoms with Crippen molar-refractivity contribution in [3.8, 4) is 0 Å².